The van der Waals surface area contributed by atoms with E-state index >= 15 is 0 Å². The van der Waals surface area contributed by atoms with Crippen molar-refractivity contribution >= 4 is 64.1 Å². The molecule has 0 aromatic heterocycles. The van der Waals surface area contributed by atoms with Crippen molar-refractivity contribution in [2.75, 3.05) is 5.32 Å². The summed E-state index contributed by atoms with van der Waals surface area (Å²) in [6.45, 7) is 0. The molecule has 2 N–H and O–H groups in total. The third kappa shape index (κ3) is 5.85. The van der Waals surface area contributed by atoms with Gasteiger partial charge in [0.15, 0.2) is 0 Å². The molecule has 32 heavy (non-hydrogen) atoms. The van der Waals surface area contributed by atoms with E-state index in [0.717, 1.165) is 0 Å². The number of non-ortho nitro benzene ring substituents is 1. The van der Waals surface area contributed by atoms with Crippen molar-refractivity contribution in [1.29, 1.82) is 0 Å². The second-order valence-corrected chi connectivity index (χ2v) is 7.65. The lowest BCUT2D eigenvalue weighted by Crippen LogP contribution is -2.31. The first-order valence-electron chi connectivity index (χ1n) is 9.03. The molecular formula is C22H14Cl3N3O4. The van der Waals surface area contributed by atoms with Crippen LogP contribution in [-0.4, -0.2) is 16.7 Å². The minimum absolute atomic E-state index is 0.154. The highest BCUT2D eigenvalue weighted by atomic mass is 35.5. The normalized spacial score (nSPS) is 11.0. The van der Waals surface area contributed by atoms with Gasteiger partial charge in [0.1, 0.15) is 5.70 Å². The maximum atomic E-state index is 12.9. The van der Waals surface area contributed by atoms with Gasteiger partial charge in [0.2, 0.25) is 0 Å². The molecule has 0 heterocycles. The van der Waals surface area contributed by atoms with Crippen LogP contribution < -0.4 is 10.6 Å². The Labute approximate surface area is 197 Å². The quantitative estimate of drug-likeness (QED) is 0.253. The van der Waals surface area contributed by atoms with Gasteiger partial charge in [-0.3, -0.25) is 19.7 Å². The molecule has 7 nitrogen and oxygen atoms in total. The number of hydrogen-bond donors (Lipinski definition) is 2. The van der Waals surface area contributed by atoms with Gasteiger partial charge >= 0.3 is 0 Å². The molecule has 3 aromatic carbocycles. The number of hydrogen-bond acceptors (Lipinski definition) is 4. The summed E-state index contributed by atoms with van der Waals surface area (Å²) < 4.78 is 0. The first kappa shape index (κ1) is 23.3. The molecule has 0 bridgehead atoms. The molecule has 0 spiro atoms. The van der Waals surface area contributed by atoms with E-state index in [1.165, 1.54) is 54.6 Å². The van der Waals surface area contributed by atoms with E-state index in [1.807, 2.05) is 0 Å². The molecule has 2 amide bonds. The Morgan fingerprint density at radius 2 is 1.62 bits per heavy atom. The first-order chi connectivity index (χ1) is 15.2. The number of nitro benzene ring substituents is 1. The molecule has 0 aliphatic carbocycles. The molecule has 0 unspecified atom stereocenters. The van der Waals surface area contributed by atoms with E-state index in [4.69, 9.17) is 34.8 Å². The largest absolute Gasteiger partial charge is 0.321 e. The number of carbonyl (C=O) groups is 2. The zero-order valence-electron chi connectivity index (χ0n) is 16.1. The van der Waals surface area contributed by atoms with Crippen molar-refractivity contribution in [3.05, 3.63) is 109 Å². The molecule has 0 saturated carbocycles. The second kappa shape index (κ2) is 10.3. The summed E-state index contributed by atoms with van der Waals surface area (Å²) >= 11 is 18.0. The number of halogens is 3. The van der Waals surface area contributed by atoms with Crippen molar-refractivity contribution in [2.45, 2.75) is 0 Å². The average Bonchev–Trinajstić information content (AvgIpc) is 2.76. The molecule has 0 aliphatic rings. The number of nitrogens with one attached hydrogen (secondary N) is 2. The monoisotopic (exact) mass is 489 g/mol. The SMILES string of the molecule is O=C(Nc1ccc(Cl)c(Cl)c1)/C(=C\c1cccc([N+](=O)[O-])c1)NC(=O)c1ccccc1Cl. The van der Waals surface area contributed by atoms with Crippen LogP contribution in [-0.2, 0) is 4.79 Å². The van der Waals surface area contributed by atoms with Gasteiger partial charge in [-0.15, -0.1) is 0 Å². The molecular weight excluding hydrogens is 477 g/mol. The van der Waals surface area contributed by atoms with Gasteiger partial charge in [0.25, 0.3) is 17.5 Å². The van der Waals surface area contributed by atoms with Gasteiger partial charge in [-0.1, -0.05) is 59.1 Å². The Hall–Kier alpha value is -3.39. The van der Waals surface area contributed by atoms with Gasteiger partial charge in [-0.25, -0.2) is 0 Å². The zero-order chi connectivity index (χ0) is 23.3. The molecule has 162 valence electrons. The number of carbonyl (C=O) groups excluding carboxylic acids is 2. The maximum Gasteiger partial charge on any atom is 0.272 e. The number of rotatable bonds is 6. The van der Waals surface area contributed by atoms with E-state index in [1.54, 1.807) is 18.2 Å². The van der Waals surface area contributed by atoms with Crippen LogP contribution in [0.1, 0.15) is 15.9 Å². The van der Waals surface area contributed by atoms with Crippen LogP contribution in [0.2, 0.25) is 15.1 Å². The fourth-order valence-corrected chi connectivity index (χ4v) is 3.18. The van der Waals surface area contributed by atoms with Gasteiger partial charge in [-0.2, -0.15) is 0 Å². The third-order valence-electron chi connectivity index (χ3n) is 4.18. The first-order valence-corrected chi connectivity index (χ1v) is 10.2. The maximum absolute atomic E-state index is 12.9. The Kier molecular flexibility index (Phi) is 7.48. The van der Waals surface area contributed by atoms with Crippen LogP contribution >= 0.6 is 34.8 Å². The molecule has 0 aliphatic heterocycles. The summed E-state index contributed by atoms with van der Waals surface area (Å²) in [7, 11) is 0. The van der Waals surface area contributed by atoms with E-state index in [-0.39, 0.29) is 27.0 Å². The van der Waals surface area contributed by atoms with Crippen LogP contribution in [0, 0.1) is 10.1 Å². The number of benzene rings is 3. The Bertz CT molecular complexity index is 1240. The fourth-order valence-electron chi connectivity index (χ4n) is 2.66. The summed E-state index contributed by atoms with van der Waals surface area (Å²) in [6.07, 6.45) is 1.31. The van der Waals surface area contributed by atoms with Crippen molar-refractivity contribution in [1.82, 2.24) is 5.32 Å². The smallest absolute Gasteiger partial charge is 0.272 e. The minimum Gasteiger partial charge on any atom is -0.321 e. The summed E-state index contributed by atoms with van der Waals surface area (Å²) in [6, 6.07) is 16.4. The van der Waals surface area contributed by atoms with Gasteiger partial charge in [0, 0.05) is 17.8 Å². The summed E-state index contributed by atoms with van der Waals surface area (Å²) in [4.78, 5) is 36.2. The van der Waals surface area contributed by atoms with Crippen molar-refractivity contribution in [3.8, 4) is 0 Å². The topological polar surface area (TPSA) is 101 Å². The predicted octanol–water partition coefficient (Wildman–Crippen LogP) is 5.96. The van der Waals surface area contributed by atoms with Crippen molar-refractivity contribution < 1.29 is 14.5 Å². The Morgan fingerprint density at radius 3 is 2.31 bits per heavy atom. The van der Waals surface area contributed by atoms with E-state index < -0.39 is 16.7 Å². The summed E-state index contributed by atoms with van der Waals surface area (Å²) in [5.74, 6) is -1.31. The molecule has 3 aromatic rings. The predicted molar refractivity (Wildman–Crippen MR) is 125 cm³/mol. The minimum atomic E-state index is -0.685. The van der Waals surface area contributed by atoms with Crippen LogP contribution in [0.4, 0.5) is 11.4 Å². The molecule has 3 rings (SSSR count). The molecule has 0 saturated heterocycles. The van der Waals surface area contributed by atoms with Crippen LogP contribution in [0.3, 0.4) is 0 Å². The zero-order valence-corrected chi connectivity index (χ0v) is 18.4. The fraction of sp³-hybridized carbons (Fsp3) is 0. The Balaban J connectivity index is 1.96. The average molecular weight is 491 g/mol. The van der Waals surface area contributed by atoms with Crippen LogP contribution in [0.25, 0.3) is 6.08 Å². The van der Waals surface area contributed by atoms with Crippen molar-refractivity contribution in [2.24, 2.45) is 0 Å². The van der Waals surface area contributed by atoms with Crippen LogP contribution in [0.5, 0.6) is 0 Å². The lowest BCUT2D eigenvalue weighted by Gasteiger charge is -2.12. The van der Waals surface area contributed by atoms with Gasteiger partial charge in [0.05, 0.1) is 25.6 Å². The third-order valence-corrected chi connectivity index (χ3v) is 5.25. The molecule has 10 heteroatoms. The number of nitro groups is 1. The second-order valence-electron chi connectivity index (χ2n) is 6.43. The van der Waals surface area contributed by atoms with Crippen LogP contribution in [0.15, 0.2) is 72.4 Å². The molecule has 0 fully saturated rings. The molecule has 0 atom stereocenters. The summed E-state index contributed by atoms with van der Waals surface area (Å²) in [5.41, 5.74) is 0.489. The Morgan fingerprint density at radius 1 is 0.875 bits per heavy atom. The van der Waals surface area contributed by atoms with E-state index in [0.29, 0.717) is 16.3 Å². The summed E-state index contributed by atoms with van der Waals surface area (Å²) in [5, 5.41) is 16.9. The number of anilines is 1. The van der Waals surface area contributed by atoms with Gasteiger partial charge in [-0.05, 0) is 42.0 Å². The number of nitrogens with zero attached hydrogens (tertiary/aromatic N) is 1. The lowest BCUT2D eigenvalue weighted by atomic mass is 10.1. The number of amides is 2. The van der Waals surface area contributed by atoms with E-state index in [2.05, 4.69) is 10.6 Å². The highest BCUT2D eigenvalue weighted by Crippen LogP contribution is 2.25. The highest BCUT2D eigenvalue weighted by Gasteiger charge is 2.18. The van der Waals surface area contributed by atoms with E-state index in [9.17, 15) is 19.7 Å². The lowest BCUT2D eigenvalue weighted by molar-refractivity contribution is -0.384. The van der Waals surface area contributed by atoms with Gasteiger partial charge < -0.3 is 10.6 Å². The molecule has 0 radical (unpaired) electrons. The standard InChI is InChI=1S/C22H14Cl3N3O4/c23-17-7-2-1-6-16(17)21(29)27-20(11-13-4-3-5-15(10-13)28(31)32)22(30)26-14-8-9-18(24)19(25)12-14/h1-12H,(H,26,30)(H,27,29)/b20-11+. The highest BCUT2D eigenvalue weighted by molar-refractivity contribution is 6.42. The van der Waals surface area contributed by atoms with Crippen molar-refractivity contribution in [3.63, 3.8) is 0 Å².